The first kappa shape index (κ1) is 15.5. The molecule has 0 aliphatic rings. The third-order valence-corrected chi connectivity index (χ3v) is 3.90. The zero-order valence-electron chi connectivity index (χ0n) is 13.3. The van der Waals surface area contributed by atoms with Crippen LogP contribution in [-0.2, 0) is 4.74 Å². The fraction of sp³-hybridized carbons (Fsp3) is 0.118. The fourth-order valence-corrected chi connectivity index (χ4v) is 2.77. The molecule has 0 aliphatic heterocycles. The number of fused-ring (bicyclic) bond motifs is 3. The topological polar surface area (TPSA) is 84.3 Å². The molecule has 7 nitrogen and oxygen atoms in total. The second-order valence-electron chi connectivity index (χ2n) is 5.38. The molecule has 0 saturated carbocycles. The molecule has 2 aromatic carbocycles. The van der Waals surface area contributed by atoms with E-state index in [9.17, 15) is 4.79 Å². The number of carbonyl (C=O) groups excluding carboxylic acids is 1. The Hall–Kier alpha value is -3.06. The molecule has 0 radical (unpaired) electrons. The minimum atomic E-state index is -0.364. The van der Waals surface area contributed by atoms with E-state index in [1.165, 1.54) is 0 Å². The molecule has 8 heteroatoms. The highest BCUT2D eigenvalue weighted by molar-refractivity contribution is 6.30. The number of hydrogen-bond acceptors (Lipinski definition) is 5. The minimum absolute atomic E-state index is 0.334. The Balaban J connectivity index is 1.68. The van der Waals surface area contributed by atoms with Crippen LogP contribution in [-0.4, -0.2) is 32.2 Å². The molecule has 4 aromatic rings. The van der Waals surface area contributed by atoms with Gasteiger partial charge >= 0.3 is 5.97 Å². The van der Waals surface area contributed by atoms with Crippen molar-refractivity contribution in [3.05, 3.63) is 53.1 Å². The minimum Gasteiger partial charge on any atom is -0.462 e. The molecule has 0 atom stereocenters. The summed E-state index contributed by atoms with van der Waals surface area (Å²) in [5.41, 5.74) is 2.76. The zero-order valence-corrected chi connectivity index (χ0v) is 14.0. The van der Waals surface area contributed by atoms with Crippen LogP contribution in [0.3, 0.4) is 0 Å². The van der Waals surface area contributed by atoms with Gasteiger partial charge in [0.15, 0.2) is 0 Å². The van der Waals surface area contributed by atoms with Gasteiger partial charge in [-0.05, 0) is 43.3 Å². The van der Waals surface area contributed by atoms with Crippen LogP contribution in [0.1, 0.15) is 17.3 Å². The van der Waals surface area contributed by atoms with Crippen LogP contribution in [0.2, 0.25) is 5.02 Å². The summed E-state index contributed by atoms with van der Waals surface area (Å²) in [6, 6.07) is 12.6. The first-order valence-electron chi connectivity index (χ1n) is 7.72. The number of aromatic nitrogens is 4. The maximum absolute atomic E-state index is 11.8. The number of nitrogens with zero attached hydrogens (tertiary/aromatic N) is 3. The molecule has 0 saturated heterocycles. The molecule has 0 bridgehead atoms. The molecule has 126 valence electrons. The number of aromatic amines is 1. The Bertz CT molecular complexity index is 1090. The van der Waals surface area contributed by atoms with E-state index in [0.717, 1.165) is 11.2 Å². The number of benzene rings is 2. The maximum Gasteiger partial charge on any atom is 0.338 e. The third-order valence-electron chi connectivity index (χ3n) is 3.66. The first-order chi connectivity index (χ1) is 12.1. The summed E-state index contributed by atoms with van der Waals surface area (Å²) >= 11 is 5.98. The molecule has 4 rings (SSSR count). The van der Waals surface area contributed by atoms with Gasteiger partial charge in [-0.2, -0.15) is 4.98 Å². The maximum atomic E-state index is 11.8. The average molecular weight is 356 g/mol. The molecule has 25 heavy (non-hydrogen) atoms. The van der Waals surface area contributed by atoms with E-state index in [1.54, 1.807) is 35.7 Å². The number of imidazole rings is 1. The number of carbonyl (C=O) groups is 1. The second-order valence-corrected chi connectivity index (χ2v) is 5.82. The lowest BCUT2D eigenvalue weighted by molar-refractivity contribution is 0.0526. The largest absolute Gasteiger partial charge is 0.462 e. The third kappa shape index (κ3) is 2.89. The number of H-pyrrole nitrogens is 1. The van der Waals surface area contributed by atoms with E-state index < -0.39 is 0 Å². The van der Waals surface area contributed by atoms with Gasteiger partial charge in [0.05, 0.1) is 23.2 Å². The summed E-state index contributed by atoms with van der Waals surface area (Å²) in [5, 5.41) is 6.92. The first-order valence-corrected chi connectivity index (χ1v) is 8.10. The average Bonchev–Trinajstić information content (AvgIpc) is 3.11. The highest BCUT2D eigenvalue weighted by atomic mass is 35.5. The Labute approximate surface area is 147 Å². The van der Waals surface area contributed by atoms with Gasteiger partial charge in [-0.25, -0.2) is 14.3 Å². The predicted octanol–water partition coefficient (Wildman–Crippen LogP) is 3.78. The number of esters is 1. The highest BCUT2D eigenvalue weighted by Crippen LogP contribution is 2.21. The number of anilines is 2. The van der Waals surface area contributed by atoms with Crippen molar-refractivity contribution in [1.82, 2.24) is 19.6 Å². The Morgan fingerprint density at radius 3 is 2.96 bits per heavy atom. The van der Waals surface area contributed by atoms with Gasteiger partial charge in [0.25, 0.3) is 5.78 Å². The number of rotatable bonds is 4. The van der Waals surface area contributed by atoms with Crippen molar-refractivity contribution < 1.29 is 9.53 Å². The molecule has 0 fully saturated rings. The van der Waals surface area contributed by atoms with Crippen molar-refractivity contribution in [3.63, 3.8) is 0 Å². The van der Waals surface area contributed by atoms with Gasteiger partial charge in [0.1, 0.15) is 0 Å². The number of ether oxygens (including phenoxy) is 1. The summed E-state index contributed by atoms with van der Waals surface area (Å²) in [6.45, 7) is 2.11. The van der Waals surface area contributed by atoms with Crippen LogP contribution in [0.25, 0.3) is 16.8 Å². The molecule has 0 aliphatic carbocycles. The smallest absolute Gasteiger partial charge is 0.338 e. The van der Waals surface area contributed by atoms with E-state index in [-0.39, 0.29) is 5.97 Å². The van der Waals surface area contributed by atoms with Gasteiger partial charge in [-0.3, -0.25) is 5.10 Å². The quantitative estimate of drug-likeness (QED) is 0.544. The van der Waals surface area contributed by atoms with E-state index in [2.05, 4.69) is 20.4 Å². The van der Waals surface area contributed by atoms with Crippen LogP contribution < -0.4 is 5.32 Å². The van der Waals surface area contributed by atoms with Crippen molar-refractivity contribution in [2.75, 3.05) is 11.9 Å². The Kier molecular flexibility index (Phi) is 3.77. The molecule has 2 N–H and O–H groups in total. The van der Waals surface area contributed by atoms with Crippen molar-refractivity contribution in [2.45, 2.75) is 6.92 Å². The molecule has 0 spiro atoms. The summed E-state index contributed by atoms with van der Waals surface area (Å²) in [6.07, 6.45) is 0. The van der Waals surface area contributed by atoms with Gasteiger partial charge < -0.3 is 10.1 Å². The zero-order chi connectivity index (χ0) is 17.4. The molecular weight excluding hydrogens is 342 g/mol. The fourth-order valence-electron chi connectivity index (χ4n) is 2.58. The molecule has 2 heterocycles. The van der Waals surface area contributed by atoms with Crippen molar-refractivity contribution in [1.29, 1.82) is 0 Å². The SMILES string of the molecule is CCOC(=O)c1ccc2c(c1)nc1nc(Nc3cccc(Cl)c3)[nH]n12. The van der Waals surface area contributed by atoms with E-state index in [1.807, 2.05) is 18.2 Å². The van der Waals surface area contributed by atoms with E-state index in [4.69, 9.17) is 16.3 Å². The van der Waals surface area contributed by atoms with E-state index in [0.29, 0.717) is 34.4 Å². The summed E-state index contributed by atoms with van der Waals surface area (Å²) in [5.74, 6) is 0.680. The van der Waals surface area contributed by atoms with Crippen LogP contribution in [0.4, 0.5) is 11.6 Å². The predicted molar refractivity (Wildman–Crippen MR) is 95.5 cm³/mol. The van der Waals surface area contributed by atoms with E-state index >= 15 is 0 Å². The van der Waals surface area contributed by atoms with Gasteiger partial charge in [-0.1, -0.05) is 17.7 Å². The molecular formula is C17H14ClN5O2. The van der Waals surface area contributed by atoms with Gasteiger partial charge in [0.2, 0.25) is 5.95 Å². The standard InChI is InChI=1S/C17H14ClN5O2/c1-2-25-15(24)10-6-7-14-13(8-10)20-17-21-16(22-23(14)17)19-12-5-3-4-11(18)9-12/h3-9H,2H2,1H3,(H2,19,20,21,22). The highest BCUT2D eigenvalue weighted by Gasteiger charge is 2.13. The van der Waals surface area contributed by atoms with Crippen LogP contribution in [0, 0.1) is 0 Å². The number of halogens is 1. The van der Waals surface area contributed by atoms with Crippen molar-refractivity contribution in [2.24, 2.45) is 0 Å². The van der Waals surface area contributed by atoms with Gasteiger partial charge in [-0.15, -0.1) is 0 Å². The monoisotopic (exact) mass is 355 g/mol. The summed E-state index contributed by atoms with van der Waals surface area (Å²) in [4.78, 5) is 20.7. The lowest BCUT2D eigenvalue weighted by Gasteiger charge is -2.02. The van der Waals surface area contributed by atoms with Crippen molar-refractivity contribution >= 4 is 46.0 Å². The molecule has 0 unspecified atom stereocenters. The lowest BCUT2D eigenvalue weighted by atomic mass is 10.2. The van der Waals surface area contributed by atoms with Crippen LogP contribution in [0.5, 0.6) is 0 Å². The molecule has 2 aromatic heterocycles. The molecule has 0 amide bonds. The number of hydrogen-bond donors (Lipinski definition) is 2. The normalized spacial score (nSPS) is 11.1. The summed E-state index contributed by atoms with van der Waals surface area (Å²) in [7, 11) is 0. The van der Waals surface area contributed by atoms with Crippen molar-refractivity contribution in [3.8, 4) is 0 Å². The van der Waals surface area contributed by atoms with Gasteiger partial charge in [0, 0.05) is 10.7 Å². The number of nitrogens with one attached hydrogen (secondary N) is 2. The second kappa shape index (κ2) is 6.10. The Morgan fingerprint density at radius 1 is 1.28 bits per heavy atom. The van der Waals surface area contributed by atoms with Crippen LogP contribution >= 0.6 is 11.6 Å². The van der Waals surface area contributed by atoms with Crippen LogP contribution in [0.15, 0.2) is 42.5 Å². The summed E-state index contributed by atoms with van der Waals surface area (Å²) < 4.78 is 6.76. The lowest BCUT2D eigenvalue weighted by Crippen LogP contribution is -2.04. The Morgan fingerprint density at radius 2 is 2.16 bits per heavy atom.